The summed E-state index contributed by atoms with van der Waals surface area (Å²) >= 11 is 0. The van der Waals surface area contributed by atoms with Crippen molar-refractivity contribution in [2.45, 2.75) is 19.8 Å². The van der Waals surface area contributed by atoms with Gasteiger partial charge in [-0.3, -0.25) is 4.79 Å². The van der Waals surface area contributed by atoms with Crippen LogP contribution in [-0.2, 0) is 9.53 Å². The van der Waals surface area contributed by atoms with Crippen molar-refractivity contribution in [1.29, 1.82) is 0 Å². The molecule has 0 bridgehead atoms. The van der Waals surface area contributed by atoms with Crippen molar-refractivity contribution in [3.8, 4) is 0 Å². The number of carbonyl (C=O) groups excluding carboxylic acids is 1. The summed E-state index contributed by atoms with van der Waals surface area (Å²) in [5, 5.41) is 0. The lowest BCUT2D eigenvalue weighted by molar-refractivity contribution is -0.146. The van der Waals surface area contributed by atoms with E-state index >= 15 is 0 Å². The van der Waals surface area contributed by atoms with E-state index < -0.39 is 0 Å². The van der Waals surface area contributed by atoms with Crippen LogP contribution in [0.5, 0.6) is 0 Å². The van der Waals surface area contributed by atoms with Crippen LogP contribution >= 0.6 is 0 Å². The Labute approximate surface area is 102 Å². The first-order valence-electron chi connectivity index (χ1n) is 5.96. The highest BCUT2D eigenvalue weighted by Gasteiger charge is 2.26. The smallest absolute Gasteiger partial charge is 0.308 e. The number of nitrogens with zero attached hydrogens (tertiary/aromatic N) is 2. The lowest BCUT2D eigenvalue weighted by atomic mass is 9.97. The standard InChI is InChI=1S/C13H18N2O2/c1-10-4-3-7-14-12(10)15-8-5-11(6-9-15)13(16)17-2/h3-4,7,11H,5-6,8-9H2,1-2H3. The number of pyridine rings is 1. The lowest BCUT2D eigenvalue weighted by Crippen LogP contribution is -2.37. The third-order valence-corrected chi connectivity index (χ3v) is 3.31. The van der Waals surface area contributed by atoms with Crippen LogP contribution in [0.2, 0.25) is 0 Å². The van der Waals surface area contributed by atoms with Crippen LogP contribution in [0.15, 0.2) is 18.3 Å². The van der Waals surface area contributed by atoms with Crippen molar-refractivity contribution in [2.75, 3.05) is 25.1 Å². The van der Waals surface area contributed by atoms with Gasteiger partial charge in [0.1, 0.15) is 5.82 Å². The number of rotatable bonds is 2. The zero-order valence-electron chi connectivity index (χ0n) is 10.3. The van der Waals surface area contributed by atoms with E-state index in [1.807, 2.05) is 12.3 Å². The number of hydrogen-bond donors (Lipinski definition) is 0. The molecule has 0 N–H and O–H groups in total. The second kappa shape index (κ2) is 5.17. The quantitative estimate of drug-likeness (QED) is 0.731. The molecular formula is C13H18N2O2. The van der Waals surface area contributed by atoms with E-state index in [0.717, 1.165) is 31.7 Å². The number of aryl methyl sites for hydroxylation is 1. The van der Waals surface area contributed by atoms with E-state index in [-0.39, 0.29) is 11.9 Å². The Kier molecular flexibility index (Phi) is 3.61. The molecule has 1 saturated heterocycles. The average molecular weight is 234 g/mol. The van der Waals surface area contributed by atoms with E-state index in [4.69, 9.17) is 4.74 Å². The van der Waals surface area contributed by atoms with E-state index in [2.05, 4.69) is 22.9 Å². The minimum atomic E-state index is -0.0811. The maximum atomic E-state index is 11.4. The van der Waals surface area contributed by atoms with Gasteiger partial charge in [0.05, 0.1) is 13.0 Å². The Morgan fingerprint density at radius 2 is 2.18 bits per heavy atom. The predicted molar refractivity (Wildman–Crippen MR) is 65.9 cm³/mol. The van der Waals surface area contributed by atoms with Gasteiger partial charge in [0.2, 0.25) is 0 Å². The molecule has 0 radical (unpaired) electrons. The fourth-order valence-corrected chi connectivity index (χ4v) is 2.30. The van der Waals surface area contributed by atoms with Crippen LogP contribution < -0.4 is 4.90 Å². The largest absolute Gasteiger partial charge is 0.469 e. The molecule has 1 aliphatic heterocycles. The Balaban J connectivity index is 2.00. The van der Waals surface area contributed by atoms with Gasteiger partial charge in [-0.1, -0.05) is 6.07 Å². The number of esters is 1. The summed E-state index contributed by atoms with van der Waals surface area (Å²) in [5.41, 5.74) is 1.18. The highest BCUT2D eigenvalue weighted by molar-refractivity contribution is 5.72. The maximum absolute atomic E-state index is 11.4. The van der Waals surface area contributed by atoms with Crippen LogP contribution in [0.3, 0.4) is 0 Å². The van der Waals surface area contributed by atoms with Gasteiger partial charge >= 0.3 is 5.97 Å². The molecule has 0 aromatic carbocycles. The molecule has 1 aromatic rings. The van der Waals surface area contributed by atoms with E-state index in [1.165, 1.54) is 12.7 Å². The highest BCUT2D eigenvalue weighted by atomic mass is 16.5. The lowest BCUT2D eigenvalue weighted by Gasteiger charge is -2.32. The molecule has 1 aliphatic rings. The fourth-order valence-electron chi connectivity index (χ4n) is 2.30. The summed E-state index contributed by atoms with van der Waals surface area (Å²) in [6.07, 6.45) is 3.51. The Bertz CT molecular complexity index is 398. The van der Waals surface area contributed by atoms with Crippen LogP contribution in [0.4, 0.5) is 5.82 Å². The second-order valence-electron chi connectivity index (χ2n) is 4.43. The van der Waals surface area contributed by atoms with Crippen molar-refractivity contribution < 1.29 is 9.53 Å². The van der Waals surface area contributed by atoms with Crippen molar-refractivity contribution in [2.24, 2.45) is 5.92 Å². The molecule has 92 valence electrons. The molecule has 0 saturated carbocycles. The van der Waals surface area contributed by atoms with Gasteiger partial charge in [-0.05, 0) is 31.4 Å². The van der Waals surface area contributed by atoms with Crippen molar-refractivity contribution in [3.63, 3.8) is 0 Å². The van der Waals surface area contributed by atoms with E-state index in [1.54, 1.807) is 0 Å². The number of aromatic nitrogens is 1. The topological polar surface area (TPSA) is 42.4 Å². The summed E-state index contributed by atoms with van der Waals surface area (Å²) < 4.78 is 4.78. The van der Waals surface area contributed by atoms with Gasteiger partial charge in [0, 0.05) is 19.3 Å². The SMILES string of the molecule is COC(=O)C1CCN(c2ncccc2C)CC1. The molecule has 0 amide bonds. The number of anilines is 1. The number of carbonyl (C=O) groups is 1. The van der Waals surface area contributed by atoms with Crippen molar-refractivity contribution >= 4 is 11.8 Å². The maximum Gasteiger partial charge on any atom is 0.308 e. The highest BCUT2D eigenvalue weighted by Crippen LogP contribution is 2.24. The number of piperidine rings is 1. The van der Waals surface area contributed by atoms with Crippen LogP contribution in [-0.4, -0.2) is 31.2 Å². The third-order valence-electron chi connectivity index (χ3n) is 3.31. The van der Waals surface area contributed by atoms with Crippen LogP contribution in [0.25, 0.3) is 0 Å². The Morgan fingerprint density at radius 3 is 2.76 bits per heavy atom. The first-order chi connectivity index (χ1) is 8.22. The third kappa shape index (κ3) is 2.57. The van der Waals surface area contributed by atoms with Crippen molar-refractivity contribution in [1.82, 2.24) is 4.98 Å². The molecule has 1 fully saturated rings. The van der Waals surface area contributed by atoms with Gasteiger partial charge in [0.15, 0.2) is 0 Å². The zero-order valence-corrected chi connectivity index (χ0v) is 10.3. The summed E-state index contributed by atoms with van der Waals surface area (Å²) in [7, 11) is 1.46. The molecule has 4 nitrogen and oxygen atoms in total. The predicted octanol–water partition coefficient (Wildman–Crippen LogP) is 1.78. The Hall–Kier alpha value is -1.58. The summed E-state index contributed by atoms with van der Waals surface area (Å²) in [6, 6.07) is 4.01. The first-order valence-corrected chi connectivity index (χ1v) is 5.96. The van der Waals surface area contributed by atoms with Gasteiger partial charge in [-0.15, -0.1) is 0 Å². The average Bonchev–Trinajstić information content (AvgIpc) is 2.39. The minimum absolute atomic E-state index is 0.0558. The molecule has 1 aromatic heterocycles. The molecule has 0 aliphatic carbocycles. The van der Waals surface area contributed by atoms with Gasteiger partial charge in [-0.2, -0.15) is 0 Å². The van der Waals surface area contributed by atoms with Crippen molar-refractivity contribution in [3.05, 3.63) is 23.9 Å². The van der Waals surface area contributed by atoms with Gasteiger partial charge in [-0.25, -0.2) is 4.98 Å². The molecule has 2 heterocycles. The molecule has 2 rings (SSSR count). The molecule has 0 atom stereocenters. The van der Waals surface area contributed by atoms with Crippen LogP contribution in [0.1, 0.15) is 18.4 Å². The van der Waals surface area contributed by atoms with Gasteiger partial charge in [0.25, 0.3) is 0 Å². The number of methoxy groups -OCH3 is 1. The zero-order chi connectivity index (χ0) is 12.3. The molecule has 4 heteroatoms. The fraction of sp³-hybridized carbons (Fsp3) is 0.538. The summed E-state index contributed by atoms with van der Waals surface area (Å²) in [6.45, 7) is 3.81. The Morgan fingerprint density at radius 1 is 1.47 bits per heavy atom. The molecular weight excluding hydrogens is 216 g/mol. The van der Waals surface area contributed by atoms with E-state index in [9.17, 15) is 4.79 Å². The summed E-state index contributed by atoms with van der Waals surface area (Å²) in [4.78, 5) is 18.1. The molecule has 17 heavy (non-hydrogen) atoms. The normalized spacial score (nSPS) is 16.9. The molecule has 0 spiro atoms. The van der Waals surface area contributed by atoms with E-state index in [0.29, 0.717) is 0 Å². The number of ether oxygens (including phenoxy) is 1. The first kappa shape index (κ1) is 11.9. The van der Waals surface area contributed by atoms with Crippen LogP contribution in [0, 0.1) is 12.8 Å². The minimum Gasteiger partial charge on any atom is -0.469 e. The molecule has 0 unspecified atom stereocenters. The summed E-state index contributed by atoms with van der Waals surface area (Å²) in [5.74, 6) is 1.01. The monoisotopic (exact) mass is 234 g/mol. The second-order valence-corrected chi connectivity index (χ2v) is 4.43. The van der Waals surface area contributed by atoms with Gasteiger partial charge < -0.3 is 9.64 Å². The number of hydrogen-bond acceptors (Lipinski definition) is 4.